The van der Waals surface area contributed by atoms with E-state index in [1.54, 1.807) is 6.26 Å². The average Bonchev–Trinajstić information content (AvgIpc) is 2.73. The SMILES string of the molecule is CC(C)CNCc1occc1COC(C)C(C)C. The van der Waals surface area contributed by atoms with Gasteiger partial charge in [0.2, 0.25) is 0 Å². The van der Waals surface area contributed by atoms with Crippen molar-refractivity contribution in [2.24, 2.45) is 11.8 Å². The van der Waals surface area contributed by atoms with Crippen molar-refractivity contribution in [2.45, 2.75) is 53.9 Å². The summed E-state index contributed by atoms with van der Waals surface area (Å²) in [7, 11) is 0. The van der Waals surface area contributed by atoms with E-state index >= 15 is 0 Å². The van der Waals surface area contributed by atoms with Crippen molar-refractivity contribution in [3.05, 3.63) is 23.7 Å². The molecule has 0 saturated heterocycles. The molecule has 1 heterocycles. The number of rotatable bonds is 8. The lowest BCUT2D eigenvalue weighted by atomic mass is 10.1. The lowest BCUT2D eigenvalue weighted by Crippen LogP contribution is -2.20. The highest BCUT2D eigenvalue weighted by molar-refractivity contribution is 5.15. The second-order valence-corrected chi connectivity index (χ2v) is 5.65. The predicted octanol–water partition coefficient (Wildman–Crippen LogP) is 3.59. The van der Waals surface area contributed by atoms with E-state index in [2.05, 4.69) is 39.9 Å². The Kier molecular flexibility index (Phi) is 6.44. The summed E-state index contributed by atoms with van der Waals surface area (Å²) in [5.41, 5.74) is 1.15. The third-order valence-corrected chi connectivity index (χ3v) is 3.12. The maximum Gasteiger partial charge on any atom is 0.123 e. The third kappa shape index (κ3) is 5.23. The highest BCUT2D eigenvalue weighted by Crippen LogP contribution is 2.15. The molecule has 3 heteroatoms. The van der Waals surface area contributed by atoms with E-state index in [1.807, 2.05) is 6.07 Å². The van der Waals surface area contributed by atoms with Gasteiger partial charge in [0.15, 0.2) is 0 Å². The molecule has 0 saturated carbocycles. The fraction of sp³-hybridized carbons (Fsp3) is 0.733. The van der Waals surface area contributed by atoms with Gasteiger partial charge in [-0.3, -0.25) is 0 Å². The van der Waals surface area contributed by atoms with Gasteiger partial charge in [0.25, 0.3) is 0 Å². The first kappa shape index (κ1) is 15.3. The molecule has 1 rings (SSSR count). The van der Waals surface area contributed by atoms with Crippen LogP contribution in [0.5, 0.6) is 0 Å². The molecule has 1 atom stereocenters. The van der Waals surface area contributed by atoms with E-state index in [4.69, 9.17) is 9.15 Å². The molecule has 0 fully saturated rings. The molecule has 1 unspecified atom stereocenters. The summed E-state index contributed by atoms with van der Waals surface area (Å²) >= 11 is 0. The maximum atomic E-state index is 5.83. The van der Waals surface area contributed by atoms with E-state index in [0.717, 1.165) is 24.4 Å². The Morgan fingerprint density at radius 3 is 2.56 bits per heavy atom. The quantitative estimate of drug-likeness (QED) is 0.769. The van der Waals surface area contributed by atoms with Crippen LogP contribution >= 0.6 is 0 Å². The van der Waals surface area contributed by atoms with Crippen LogP contribution in [0.25, 0.3) is 0 Å². The number of hydrogen-bond acceptors (Lipinski definition) is 3. The molecular formula is C15H27NO2. The van der Waals surface area contributed by atoms with Gasteiger partial charge in [-0.25, -0.2) is 0 Å². The smallest absolute Gasteiger partial charge is 0.123 e. The molecule has 0 bridgehead atoms. The Hall–Kier alpha value is -0.800. The van der Waals surface area contributed by atoms with E-state index in [-0.39, 0.29) is 6.10 Å². The minimum absolute atomic E-state index is 0.274. The largest absolute Gasteiger partial charge is 0.468 e. The summed E-state index contributed by atoms with van der Waals surface area (Å²) < 4.78 is 11.3. The number of nitrogens with one attached hydrogen (secondary N) is 1. The van der Waals surface area contributed by atoms with Gasteiger partial charge >= 0.3 is 0 Å². The molecule has 0 aliphatic rings. The summed E-state index contributed by atoms with van der Waals surface area (Å²) in [5, 5.41) is 3.39. The van der Waals surface area contributed by atoms with Gasteiger partial charge in [0.05, 0.1) is 25.5 Å². The van der Waals surface area contributed by atoms with Gasteiger partial charge < -0.3 is 14.5 Å². The van der Waals surface area contributed by atoms with Crippen LogP contribution in [-0.2, 0) is 17.9 Å². The third-order valence-electron chi connectivity index (χ3n) is 3.12. The van der Waals surface area contributed by atoms with E-state index in [0.29, 0.717) is 18.4 Å². The molecule has 1 aromatic heterocycles. The lowest BCUT2D eigenvalue weighted by molar-refractivity contribution is 0.0228. The summed E-state index contributed by atoms with van der Waals surface area (Å²) in [6.07, 6.45) is 2.02. The Morgan fingerprint density at radius 2 is 1.94 bits per heavy atom. The first-order valence-electron chi connectivity index (χ1n) is 6.88. The molecule has 0 aliphatic carbocycles. The van der Waals surface area contributed by atoms with E-state index in [1.165, 1.54) is 0 Å². The zero-order chi connectivity index (χ0) is 13.5. The zero-order valence-corrected chi connectivity index (χ0v) is 12.3. The van der Waals surface area contributed by atoms with Crippen LogP contribution < -0.4 is 5.32 Å². The van der Waals surface area contributed by atoms with Crippen LogP contribution in [0, 0.1) is 11.8 Å². The molecule has 3 nitrogen and oxygen atoms in total. The second-order valence-electron chi connectivity index (χ2n) is 5.65. The normalized spacial score (nSPS) is 13.5. The molecule has 18 heavy (non-hydrogen) atoms. The van der Waals surface area contributed by atoms with Crippen LogP contribution in [0.15, 0.2) is 16.7 Å². The highest BCUT2D eigenvalue weighted by Gasteiger charge is 2.11. The van der Waals surface area contributed by atoms with Crippen molar-refractivity contribution < 1.29 is 9.15 Å². The lowest BCUT2D eigenvalue weighted by Gasteiger charge is -2.16. The summed E-state index contributed by atoms with van der Waals surface area (Å²) in [6.45, 7) is 13.3. The van der Waals surface area contributed by atoms with E-state index in [9.17, 15) is 0 Å². The molecule has 1 N–H and O–H groups in total. The zero-order valence-electron chi connectivity index (χ0n) is 12.3. The van der Waals surface area contributed by atoms with Crippen molar-refractivity contribution in [1.29, 1.82) is 0 Å². The summed E-state index contributed by atoms with van der Waals surface area (Å²) in [6, 6.07) is 2.00. The molecule has 0 aromatic carbocycles. The second kappa shape index (κ2) is 7.59. The van der Waals surface area contributed by atoms with Gasteiger partial charge in [0, 0.05) is 5.56 Å². The van der Waals surface area contributed by atoms with Crippen LogP contribution in [0.1, 0.15) is 45.9 Å². The summed E-state index contributed by atoms with van der Waals surface area (Å²) in [4.78, 5) is 0. The average molecular weight is 253 g/mol. The van der Waals surface area contributed by atoms with Gasteiger partial charge in [-0.2, -0.15) is 0 Å². The predicted molar refractivity (Wildman–Crippen MR) is 74.3 cm³/mol. The standard InChI is InChI=1S/C15H27NO2/c1-11(2)8-16-9-15-14(6-7-17-15)10-18-13(5)12(3)4/h6-7,11-13,16H,8-10H2,1-5H3. The highest BCUT2D eigenvalue weighted by atomic mass is 16.5. The maximum absolute atomic E-state index is 5.83. The Bertz CT molecular complexity index is 331. The van der Waals surface area contributed by atoms with Crippen molar-refractivity contribution in [3.8, 4) is 0 Å². The minimum Gasteiger partial charge on any atom is -0.468 e. The molecule has 0 spiro atoms. The molecule has 0 radical (unpaired) electrons. The fourth-order valence-electron chi connectivity index (χ4n) is 1.54. The van der Waals surface area contributed by atoms with E-state index < -0.39 is 0 Å². The molecule has 0 aliphatic heterocycles. The first-order valence-corrected chi connectivity index (χ1v) is 6.88. The fourth-order valence-corrected chi connectivity index (χ4v) is 1.54. The molecule has 104 valence electrons. The van der Waals surface area contributed by atoms with Gasteiger partial charge in [0.1, 0.15) is 5.76 Å². The number of furan rings is 1. The van der Waals surface area contributed by atoms with Crippen LogP contribution in [0.2, 0.25) is 0 Å². The van der Waals surface area contributed by atoms with Crippen LogP contribution in [0.4, 0.5) is 0 Å². The van der Waals surface area contributed by atoms with Crippen molar-refractivity contribution in [1.82, 2.24) is 5.32 Å². The number of ether oxygens (including phenoxy) is 1. The van der Waals surface area contributed by atoms with Crippen LogP contribution in [0.3, 0.4) is 0 Å². The van der Waals surface area contributed by atoms with Gasteiger partial charge in [-0.1, -0.05) is 27.7 Å². The van der Waals surface area contributed by atoms with Crippen molar-refractivity contribution >= 4 is 0 Å². The minimum atomic E-state index is 0.274. The Morgan fingerprint density at radius 1 is 1.22 bits per heavy atom. The molecular weight excluding hydrogens is 226 g/mol. The Balaban J connectivity index is 2.40. The molecule has 1 aromatic rings. The molecule has 0 amide bonds. The topological polar surface area (TPSA) is 34.4 Å². The van der Waals surface area contributed by atoms with Gasteiger partial charge in [-0.15, -0.1) is 0 Å². The van der Waals surface area contributed by atoms with Crippen molar-refractivity contribution in [2.75, 3.05) is 6.54 Å². The first-order chi connectivity index (χ1) is 8.50. The monoisotopic (exact) mass is 253 g/mol. The summed E-state index contributed by atoms with van der Waals surface area (Å²) in [5.74, 6) is 2.19. The van der Waals surface area contributed by atoms with Crippen LogP contribution in [-0.4, -0.2) is 12.6 Å². The Labute approximate surface area is 111 Å². The number of hydrogen-bond donors (Lipinski definition) is 1. The van der Waals surface area contributed by atoms with Gasteiger partial charge in [-0.05, 0) is 31.4 Å². The van der Waals surface area contributed by atoms with Crippen molar-refractivity contribution in [3.63, 3.8) is 0 Å².